The third kappa shape index (κ3) is 3.94. The van der Waals surface area contributed by atoms with Crippen LogP contribution in [-0.4, -0.2) is 80.1 Å². The molecule has 7 heteroatoms. The molecule has 2 fully saturated rings. The molecule has 2 aliphatic heterocycles. The number of piperazine rings is 2. The number of carbonyl (C=O) groups excluding carboxylic acids is 1. The Morgan fingerprint density at radius 2 is 1.61 bits per heavy atom. The van der Waals surface area contributed by atoms with Gasteiger partial charge in [-0.15, -0.1) is 0 Å². The fourth-order valence-electron chi connectivity index (χ4n) is 3.80. The molecule has 28 heavy (non-hydrogen) atoms. The smallest absolute Gasteiger partial charge is 0.254 e. The molecule has 4 rings (SSSR count). The lowest BCUT2D eigenvalue weighted by Gasteiger charge is -2.36. The summed E-state index contributed by atoms with van der Waals surface area (Å²) in [6, 6.07) is 10.5. The van der Waals surface area contributed by atoms with Crippen molar-refractivity contribution in [3.8, 4) is 0 Å². The standard InChI is InChI=1S/C21H26FN5O/c1-24-8-10-26(11-9-24)20-16-17(6-7-23-20)21(28)27-14-12-25(13-15-27)19-5-3-2-4-18(19)22/h2-7,16H,8-15H2,1H3. The molecule has 0 N–H and O–H groups in total. The van der Waals surface area contributed by atoms with E-state index in [0.717, 1.165) is 32.0 Å². The summed E-state index contributed by atoms with van der Waals surface area (Å²) in [6.07, 6.45) is 1.72. The zero-order valence-electron chi connectivity index (χ0n) is 16.2. The fraction of sp³-hybridized carbons (Fsp3) is 0.429. The number of amides is 1. The zero-order valence-corrected chi connectivity index (χ0v) is 16.2. The van der Waals surface area contributed by atoms with Gasteiger partial charge in [-0.3, -0.25) is 4.79 Å². The van der Waals surface area contributed by atoms with Crippen LogP contribution in [0.5, 0.6) is 0 Å². The molecule has 2 aromatic rings. The van der Waals surface area contributed by atoms with Gasteiger partial charge in [-0.1, -0.05) is 12.1 Å². The van der Waals surface area contributed by atoms with Gasteiger partial charge in [-0.2, -0.15) is 0 Å². The average molecular weight is 383 g/mol. The topological polar surface area (TPSA) is 42.9 Å². The first kappa shape index (κ1) is 18.7. The zero-order chi connectivity index (χ0) is 19.5. The molecular formula is C21H26FN5O. The van der Waals surface area contributed by atoms with Crippen LogP contribution in [0.15, 0.2) is 42.6 Å². The number of nitrogens with zero attached hydrogens (tertiary/aromatic N) is 5. The van der Waals surface area contributed by atoms with Crippen LogP contribution in [0.3, 0.4) is 0 Å². The van der Waals surface area contributed by atoms with Gasteiger partial charge in [0.05, 0.1) is 5.69 Å². The van der Waals surface area contributed by atoms with Gasteiger partial charge < -0.3 is 19.6 Å². The molecule has 0 bridgehead atoms. The summed E-state index contributed by atoms with van der Waals surface area (Å²) in [4.78, 5) is 25.8. The van der Waals surface area contributed by atoms with Crippen molar-refractivity contribution in [3.63, 3.8) is 0 Å². The molecule has 1 aromatic heterocycles. The van der Waals surface area contributed by atoms with E-state index >= 15 is 0 Å². The molecule has 1 amide bonds. The van der Waals surface area contributed by atoms with Gasteiger partial charge in [0.25, 0.3) is 5.91 Å². The minimum absolute atomic E-state index is 0.0194. The number of carbonyl (C=O) groups is 1. The van der Waals surface area contributed by atoms with Crippen LogP contribution in [0.25, 0.3) is 0 Å². The van der Waals surface area contributed by atoms with Crippen molar-refractivity contribution in [2.45, 2.75) is 0 Å². The van der Waals surface area contributed by atoms with E-state index in [0.29, 0.717) is 37.4 Å². The predicted molar refractivity (Wildman–Crippen MR) is 108 cm³/mol. The van der Waals surface area contributed by atoms with Gasteiger partial charge in [0, 0.05) is 64.1 Å². The Balaban J connectivity index is 1.40. The Morgan fingerprint density at radius 1 is 0.929 bits per heavy atom. The molecule has 2 saturated heterocycles. The van der Waals surface area contributed by atoms with Crippen molar-refractivity contribution >= 4 is 17.4 Å². The number of hydrogen-bond donors (Lipinski definition) is 0. The van der Waals surface area contributed by atoms with Crippen LogP contribution in [0.1, 0.15) is 10.4 Å². The highest BCUT2D eigenvalue weighted by Crippen LogP contribution is 2.21. The number of likely N-dealkylation sites (N-methyl/N-ethyl adjacent to an activating group) is 1. The van der Waals surface area contributed by atoms with Crippen molar-refractivity contribution in [2.75, 3.05) is 69.2 Å². The van der Waals surface area contributed by atoms with E-state index in [-0.39, 0.29) is 11.7 Å². The number of rotatable bonds is 3. The van der Waals surface area contributed by atoms with Gasteiger partial charge in [-0.05, 0) is 31.3 Å². The Bertz CT molecular complexity index is 829. The summed E-state index contributed by atoms with van der Waals surface area (Å²) < 4.78 is 14.0. The van der Waals surface area contributed by atoms with Crippen LogP contribution >= 0.6 is 0 Å². The lowest BCUT2D eigenvalue weighted by Crippen LogP contribution is -2.49. The first-order valence-corrected chi connectivity index (χ1v) is 9.80. The minimum atomic E-state index is -0.215. The number of anilines is 2. The maximum atomic E-state index is 14.0. The number of halogens is 1. The van der Waals surface area contributed by atoms with Gasteiger partial charge in [0.15, 0.2) is 0 Å². The third-order valence-electron chi connectivity index (χ3n) is 5.58. The summed E-state index contributed by atoms with van der Waals surface area (Å²) in [7, 11) is 2.12. The largest absolute Gasteiger partial charge is 0.366 e. The quantitative estimate of drug-likeness (QED) is 0.810. The highest BCUT2D eigenvalue weighted by atomic mass is 19.1. The lowest BCUT2D eigenvalue weighted by atomic mass is 10.2. The molecule has 0 unspecified atom stereocenters. The molecule has 0 saturated carbocycles. The molecule has 6 nitrogen and oxygen atoms in total. The SMILES string of the molecule is CN1CCN(c2cc(C(=O)N3CCN(c4ccccc4F)CC3)ccn2)CC1. The summed E-state index contributed by atoms with van der Waals surface area (Å²) >= 11 is 0. The van der Waals surface area contributed by atoms with Crippen molar-refractivity contribution in [3.05, 3.63) is 54.0 Å². The summed E-state index contributed by atoms with van der Waals surface area (Å²) in [5.41, 5.74) is 1.28. The molecular weight excluding hydrogens is 357 g/mol. The fourth-order valence-corrected chi connectivity index (χ4v) is 3.80. The second-order valence-corrected chi connectivity index (χ2v) is 7.42. The van der Waals surface area contributed by atoms with Crippen molar-refractivity contribution in [2.24, 2.45) is 0 Å². The van der Waals surface area contributed by atoms with Crippen LogP contribution in [0, 0.1) is 5.82 Å². The number of pyridine rings is 1. The molecule has 148 valence electrons. The van der Waals surface area contributed by atoms with E-state index in [1.165, 1.54) is 6.07 Å². The van der Waals surface area contributed by atoms with Crippen LogP contribution in [0.2, 0.25) is 0 Å². The average Bonchev–Trinajstić information content (AvgIpc) is 2.74. The maximum absolute atomic E-state index is 14.0. The molecule has 0 spiro atoms. The number of aromatic nitrogens is 1. The highest BCUT2D eigenvalue weighted by molar-refractivity contribution is 5.95. The van der Waals surface area contributed by atoms with Crippen LogP contribution in [0.4, 0.5) is 15.9 Å². The Hall–Kier alpha value is -2.67. The molecule has 0 radical (unpaired) electrons. The first-order chi connectivity index (χ1) is 13.6. The molecule has 0 aliphatic carbocycles. The minimum Gasteiger partial charge on any atom is -0.366 e. The van der Waals surface area contributed by atoms with Crippen molar-refractivity contribution in [1.29, 1.82) is 0 Å². The van der Waals surface area contributed by atoms with E-state index in [9.17, 15) is 9.18 Å². The second kappa shape index (κ2) is 8.14. The summed E-state index contributed by atoms with van der Waals surface area (Å²) in [5, 5.41) is 0. The van der Waals surface area contributed by atoms with E-state index < -0.39 is 0 Å². The van der Waals surface area contributed by atoms with E-state index in [2.05, 4.69) is 21.8 Å². The number of hydrogen-bond acceptors (Lipinski definition) is 5. The third-order valence-corrected chi connectivity index (χ3v) is 5.58. The Kier molecular flexibility index (Phi) is 5.43. The van der Waals surface area contributed by atoms with Gasteiger partial charge in [-0.25, -0.2) is 9.37 Å². The first-order valence-electron chi connectivity index (χ1n) is 9.80. The van der Waals surface area contributed by atoms with Gasteiger partial charge in [0.1, 0.15) is 11.6 Å². The van der Waals surface area contributed by atoms with E-state index in [1.54, 1.807) is 24.4 Å². The maximum Gasteiger partial charge on any atom is 0.254 e. The summed E-state index contributed by atoms with van der Waals surface area (Å²) in [5.74, 6) is 0.670. The predicted octanol–water partition coefficient (Wildman–Crippen LogP) is 1.93. The Labute approximate surface area is 165 Å². The second-order valence-electron chi connectivity index (χ2n) is 7.42. The van der Waals surface area contributed by atoms with E-state index in [1.807, 2.05) is 21.9 Å². The molecule has 3 heterocycles. The molecule has 1 aromatic carbocycles. The molecule has 2 aliphatic rings. The van der Waals surface area contributed by atoms with E-state index in [4.69, 9.17) is 0 Å². The van der Waals surface area contributed by atoms with Gasteiger partial charge in [0.2, 0.25) is 0 Å². The van der Waals surface area contributed by atoms with Crippen LogP contribution < -0.4 is 9.80 Å². The normalized spacial score (nSPS) is 18.4. The number of benzene rings is 1. The van der Waals surface area contributed by atoms with Crippen molar-refractivity contribution in [1.82, 2.24) is 14.8 Å². The Morgan fingerprint density at radius 3 is 2.32 bits per heavy atom. The van der Waals surface area contributed by atoms with Crippen molar-refractivity contribution < 1.29 is 9.18 Å². The summed E-state index contributed by atoms with van der Waals surface area (Å²) in [6.45, 7) is 6.26. The monoisotopic (exact) mass is 383 g/mol. The van der Waals surface area contributed by atoms with Gasteiger partial charge >= 0.3 is 0 Å². The highest BCUT2D eigenvalue weighted by Gasteiger charge is 2.24. The number of para-hydroxylation sites is 1. The lowest BCUT2D eigenvalue weighted by molar-refractivity contribution is 0.0746. The van der Waals surface area contributed by atoms with Crippen LogP contribution in [-0.2, 0) is 0 Å². The molecule has 0 atom stereocenters.